The first-order valence-electron chi connectivity index (χ1n) is 6.17. The van der Waals surface area contributed by atoms with Crippen molar-refractivity contribution >= 4 is 21.4 Å². The Hall–Kier alpha value is -1.63. The van der Waals surface area contributed by atoms with E-state index in [0.29, 0.717) is 17.3 Å². The Bertz CT molecular complexity index is 748. The summed E-state index contributed by atoms with van der Waals surface area (Å²) in [5.41, 5.74) is 0.930. The van der Waals surface area contributed by atoms with E-state index in [1.165, 1.54) is 12.1 Å². The fourth-order valence-electron chi connectivity index (χ4n) is 1.72. The lowest BCUT2D eigenvalue weighted by Crippen LogP contribution is -2.05. The van der Waals surface area contributed by atoms with Gasteiger partial charge >= 0.3 is 0 Å². The van der Waals surface area contributed by atoms with Gasteiger partial charge in [-0.15, -0.1) is 0 Å². The van der Waals surface area contributed by atoms with Gasteiger partial charge in [-0.2, -0.15) is 0 Å². The summed E-state index contributed by atoms with van der Waals surface area (Å²) in [5, 5.41) is 3.37. The van der Waals surface area contributed by atoms with Crippen LogP contribution in [0.25, 0.3) is 0 Å². The van der Waals surface area contributed by atoms with Crippen LogP contribution in [0.2, 0.25) is 5.02 Å². The third-order valence-electron chi connectivity index (χ3n) is 2.69. The maximum absolute atomic E-state index is 11.5. The number of ether oxygens (including phenoxy) is 1. The van der Waals surface area contributed by atoms with Gasteiger partial charge in [0.2, 0.25) is 5.88 Å². The van der Waals surface area contributed by atoms with Gasteiger partial charge in [-0.05, 0) is 36.9 Å². The van der Waals surface area contributed by atoms with Crippen LogP contribution in [0.5, 0.6) is 11.6 Å². The molecule has 0 aliphatic carbocycles. The van der Waals surface area contributed by atoms with E-state index in [0.717, 1.165) is 11.8 Å². The molecule has 7 heteroatoms. The van der Waals surface area contributed by atoms with Crippen LogP contribution in [-0.4, -0.2) is 26.7 Å². The van der Waals surface area contributed by atoms with Gasteiger partial charge in [0, 0.05) is 19.0 Å². The van der Waals surface area contributed by atoms with E-state index in [4.69, 9.17) is 16.3 Å². The molecule has 0 unspecified atom stereocenters. The molecule has 0 amide bonds. The molecule has 0 atom stereocenters. The smallest absolute Gasteiger partial charge is 0.238 e. The van der Waals surface area contributed by atoms with E-state index in [-0.39, 0.29) is 10.8 Å². The van der Waals surface area contributed by atoms with E-state index in [9.17, 15) is 8.42 Å². The number of nitrogens with one attached hydrogen (secondary N) is 1. The largest absolute Gasteiger partial charge is 0.437 e. The van der Waals surface area contributed by atoms with Gasteiger partial charge in [-0.25, -0.2) is 13.4 Å². The number of halogens is 1. The molecule has 0 saturated carbocycles. The molecule has 0 aliphatic heterocycles. The van der Waals surface area contributed by atoms with Crippen molar-refractivity contribution in [3.63, 3.8) is 0 Å². The predicted molar refractivity (Wildman–Crippen MR) is 81.6 cm³/mol. The van der Waals surface area contributed by atoms with E-state index in [2.05, 4.69) is 10.3 Å². The Balaban J connectivity index is 2.26. The Kier molecular flexibility index (Phi) is 4.82. The molecule has 0 saturated heterocycles. The Labute approximate surface area is 128 Å². The molecule has 0 fully saturated rings. The summed E-state index contributed by atoms with van der Waals surface area (Å²) in [6.45, 7) is 0.649. The molecule has 1 N–H and O–H groups in total. The van der Waals surface area contributed by atoms with Crippen molar-refractivity contribution in [1.29, 1.82) is 0 Å². The molecule has 2 aromatic rings. The van der Waals surface area contributed by atoms with Crippen molar-refractivity contribution in [3.8, 4) is 11.6 Å². The zero-order valence-corrected chi connectivity index (χ0v) is 13.2. The third kappa shape index (κ3) is 4.17. The first kappa shape index (κ1) is 15.8. The zero-order chi connectivity index (χ0) is 15.5. The molecule has 1 aromatic heterocycles. The lowest BCUT2D eigenvalue weighted by atomic mass is 10.3. The quantitative estimate of drug-likeness (QED) is 0.914. The molecule has 0 aliphatic rings. The lowest BCUT2D eigenvalue weighted by molar-refractivity contribution is 0.461. The van der Waals surface area contributed by atoms with Crippen LogP contribution in [0.4, 0.5) is 0 Å². The van der Waals surface area contributed by atoms with Gasteiger partial charge in [0.15, 0.2) is 9.84 Å². The van der Waals surface area contributed by atoms with Gasteiger partial charge < -0.3 is 10.1 Å². The Morgan fingerprint density at radius 3 is 2.71 bits per heavy atom. The van der Waals surface area contributed by atoms with Crippen molar-refractivity contribution in [1.82, 2.24) is 10.3 Å². The van der Waals surface area contributed by atoms with Crippen LogP contribution in [0, 0.1) is 0 Å². The number of hydrogen-bond donors (Lipinski definition) is 1. The summed E-state index contributed by atoms with van der Waals surface area (Å²) in [6, 6.07) is 7.95. The molecule has 1 heterocycles. The van der Waals surface area contributed by atoms with Crippen molar-refractivity contribution in [2.45, 2.75) is 11.4 Å². The van der Waals surface area contributed by atoms with Crippen LogP contribution in [0.15, 0.2) is 41.4 Å². The minimum atomic E-state index is -3.28. The standard InChI is InChI=1S/C14H15ClN2O3S/c1-16-8-10-6-13(15)14(17-9-10)20-11-4-3-5-12(7-11)21(2,18)19/h3-7,9,16H,8H2,1-2H3. The summed E-state index contributed by atoms with van der Waals surface area (Å²) in [4.78, 5) is 4.32. The molecule has 21 heavy (non-hydrogen) atoms. The Morgan fingerprint density at radius 1 is 1.33 bits per heavy atom. The highest BCUT2D eigenvalue weighted by atomic mass is 35.5. The summed E-state index contributed by atoms with van der Waals surface area (Å²) in [6.07, 6.45) is 2.79. The first-order valence-corrected chi connectivity index (χ1v) is 8.44. The highest BCUT2D eigenvalue weighted by molar-refractivity contribution is 7.90. The number of pyridine rings is 1. The van der Waals surface area contributed by atoms with Crippen LogP contribution >= 0.6 is 11.6 Å². The summed E-state index contributed by atoms with van der Waals surface area (Å²) in [7, 11) is -1.46. The van der Waals surface area contributed by atoms with E-state index in [1.54, 1.807) is 24.4 Å². The number of benzene rings is 1. The molecular formula is C14H15ClN2O3S. The summed E-state index contributed by atoms with van der Waals surface area (Å²) < 4.78 is 28.6. The molecule has 112 valence electrons. The molecule has 0 radical (unpaired) electrons. The van der Waals surface area contributed by atoms with Crippen LogP contribution in [-0.2, 0) is 16.4 Å². The van der Waals surface area contributed by atoms with E-state index < -0.39 is 9.84 Å². The lowest BCUT2D eigenvalue weighted by Gasteiger charge is -2.09. The topological polar surface area (TPSA) is 68.3 Å². The average Bonchev–Trinajstić information content (AvgIpc) is 2.42. The maximum Gasteiger partial charge on any atom is 0.238 e. The van der Waals surface area contributed by atoms with Gasteiger partial charge in [0.05, 0.1) is 4.90 Å². The number of aromatic nitrogens is 1. The highest BCUT2D eigenvalue weighted by Crippen LogP contribution is 2.28. The number of nitrogens with zero attached hydrogens (tertiary/aromatic N) is 1. The van der Waals surface area contributed by atoms with Gasteiger partial charge in [0.1, 0.15) is 10.8 Å². The zero-order valence-electron chi connectivity index (χ0n) is 11.6. The van der Waals surface area contributed by atoms with Crippen molar-refractivity contribution < 1.29 is 13.2 Å². The number of hydrogen-bond acceptors (Lipinski definition) is 5. The first-order chi connectivity index (χ1) is 9.90. The molecule has 0 spiro atoms. The molecule has 5 nitrogen and oxygen atoms in total. The van der Waals surface area contributed by atoms with Crippen molar-refractivity contribution in [2.24, 2.45) is 0 Å². The Morgan fingerprint density at radius 2 is 2.10 bits per heavy atom. The minimum Gasteiger partial charge on any atom is -0.437 e. The SMILES string of the molecule is CNCc1cnc(Oc2cccc(S(C)(=O)=O)c2)c(Cl)c1. The predicted octanol–water partition coefficient (Wildman–Crippen LogP) is 2.65. The third-order valence-corrected chi connectivity index (χ3v) is 4.07. The number of sulfone groups is 1. The van der Waals surface area contributed by atoms with E-state index in [1.807, 2.05) is 7.05 Å². The summed E-state index contributed by atoms with van der Waals surface area (Å²) >= 11 is 6.11. The summed E-state index contributed by atoms with van der Waals surface area (Å²) in [5.74, 6) is 0.607. The fraction of sp³-hybridized carbons (Fsp3) is 0.214. The van der Waals surface area contributed by atoms with Crippen molar-refractivity contribution in [2.75, 3.05) is 13.3 Å². The molecule has 1 aromatic carbocycles. The molecule has 0 bridgehead atoms. The second-order valence-corrected chi connectivity index (χ2v) is 6.93. The second kappa shape index (κ2) is 6.43. The average molecular weight is 327 g/mol. The molecule has 2 rings (SSSR count). The van der Waals surface area contributed by atoms with Crippen LogP contribution in [0.3, 0.4) is 0 Å². The second-order valence-electron chi connectivity index (χ2n) is 4.51. The monoisotopic (exact) mass is 326 g/mol. The van der Waals surface area contributed by atoms with Crippen molar-refractivity contribution in [3.05, 3.63) is 47.1 Å². The number of rotatable bonds is 5. The fourth-order valence-corrected chi connectivity index (χ4v) is 2.60. The molecular weight excluding hydrogens is 312 g/mol. The van der Waals surface area contributed by atoms with Crippen LogP contribution < -0.4 is 10.1 Å². The highest BCUT2D eigenvalue weighted by Gasteiger charge is 2.10. The van der Waals surface area contributed by atoms with Gasteiger partial charge in [0.25, 0.3) is 0 Å². The van der Waals surface area contributed by atoms with E-state index >= 15 is 0 Å². The van der Waals surface area contributed by atoms with Gasteiger partial charge in [-0.1, -0.05) is 17.7 Å². The minimum absolute atomic E-state index is 0.183. The normalized spacial score (nSPS) is 11.4. The van der Waals surface area contributed by atoms with Gasteiger partial charge in [-0.3, -0.25) is 0 Å². The maximum atomic E-state index is 11.5. The van der Waals surface area contributed by atoms with Crippen LogP contribution in [0.1, 0.15) is 5.56 Å².